The van der Waals surface area contributed by atoms with Gasteiger partial charge in [-0.2, -0.15) is 0 Å². The molecule has 7 nitrogen and oxygen atoms in total. The fourth-order valence-corrected chi connectivity index (χ4v) is 3.94. The molecule has 146 valence electrons. The Kier molecular flexibility index (Phi) is 4.81. The highest BCUT2D eigenvalue weighted by Gasteiger charge is 2.36. The average Bonchev–Trinajstić information content (AvgIpc) is 3.22. The molecule has 0 aromatic heterocycles. The molecule has 0 aliphatic carbocycles. The zero-order valence-corrected chi connectivity index (χ0v) is 16.0. The van der Waals surface area contributed by atoms with Gasteiger partial charge in [0.25, 0.3) is 5.91 Å². The average molecular weight is 381 g/mol. The van der Waals surface area contributed by atoms with Gasteiger partial charge in [0.1, 0.15) is 6.04 Å². The van der Waals surface area contributed by atoms with Crippen LogP contribution in [0.1, 0.15) is 28.8 Å². The summed E-state index contributed by atoms with van der Waals surface area (Å²) in [7, 11) is 3.15. The van der Waals surface area contributed by atoms with Crippen molar-refractivity contribution in [3.05, 3.63) is 47.5 Å². The first-order chi connectivity index (χ1) is 13.6. The van der Waals surface area contributed by atoms with Gasteiger partial charge in [-0.1, -0.05) is 12.1 Å². The first-order valence-corrected chi connectivity index (χ1v) is 9.32. The van der Waals surface area contributed by atoms with E-state index in [2.05, 4.69) is 15.5 Å². The summed E-state index contributed by atoms with van der Waals surface area (Å²) in [6.45, 7) is 1.17. The molecule has 1 fully saturated rings. The summed E-state index contributed by atoms with van der Waals surface area (Å²) >= 11 is 0. The van der Waals surface area contributed by atoms with Crippen LogP contribution in [0.25, 0.3) is 0 Å². The monoisotopic (exact) mass is 381 g/mol. The van der Waals surface area contributed by atoms with Crippen molar-refractivity contribution in [2.75, 3.05) is 31.0 Å². The minimum absolute atomic E-state index is 0.00340. The molecule has 4 rings (SSSR count). The molecule has 0 spiro atoms. The third kappa shape index (κ3) is 3.13. The number of benzene rings is 2. The minimum atomic E-state index is -0.217. The topological polar surface area (TPSA) is 79.9 Å². The quantitative estimate of drug-likeness (QED) is 0.832. The van der Waals surface area contributed by atoms with E-state index >= 15 is 0 Å². The SMILES string of the molecule is COc1cccc(CNC(=O)c2ccc3c(c2)NC(=O)[C@H]2CCCN32)c1OC. The van der Waals surface area contributed by atoms with E-state index in [0.29, 0.717) is 29.3 Å². The summed E-state index contributed by atoms with van der Waals surface area (Å²) in [6, 6.07) is 10.9. The summed E-state index contributed by atoms with van der Waals surface area (Å²) in [5.41, 5.74) is 2.99. The van der Waals surface area contributed by atoms with Crippen LogP contribution in [0, 0.1) is 0 Å². The number of hydrogen-bond donors (Lipinski definition) is 2. The van der Waals surface area contributed by atoms with Crippen molar-refractivity contribution in [1.82, 2.24) is 5.32 Å². The predicted octanol–water partition coefficient (Wildman–Crippen LogP) is 2.55. The fourth-order valence-electron chi connectivity index (χ4n) is 3.94. The molecule has 1 saturated heterocycles. The van der Waals surface area contributed by atoms with Crippen LogP contribution in [0.5, 0.6) is 11.5 Å². The lowest BCUT2D eigenvalue weighted by molar-refractivity contribution is -0.117. The van der Waals surface area contributed by atoms with E-state index in [4.69, 9.17) is 9.47 Å². The lowest BCUT2D eigenvalue weighted by Crippen LogP contribution is -2.44. The molecule has 0 radical (unpaired) electrons. The first-order valence-electron chi connectivity index (χ1n) is 9.32. The third-order valence-corrected chi connectivity index (χ3v) is 5.31. The van der Waals surface area contributed by atoms with E-state index in [0.717, 1.165) is 30.6 Å². The van der Waals surface area contributed by atoms with Crippen LogP contribution in [0.4, 0.5) is 11.4 Å². The van der Waals surface area contributed by atoms with Gasteiger partial charge in [-0.25, -0.2) is 0 Å². The van der Waals surface area contributed by atoms with Crippen LogP contribution in [-0.2, 0) is 11.3 Å². The van der Waals surface area contributed by atoms with E-state index in [1.807, 2.05) is 24.3 Å². The Morgan fingerprint density at radius 3 is 2.89 bits per heavy atom. The van der Waals surface area contributed by atoms with E-state index in [1.54, 1.807) is 26.4 Å². The normalized spacial score (nSPS) is 17.4. The smallest absolute Gasteiger partial charge is 0.251 e. The van der Waals surface area contributed by atoms with E-state index < -0.39 is 0 Å². The van der Waals surface area contributed by atoms with E-state index in [1.165, 1.54) is 0 Å². The lowest BCUT2D eigenvalue weighted by atomic mass is 10.1. The maximum absolute atomic E-state index is 12.7. The summed E-state index contributed by atoms with van der Waals surface area (Å²) in [5.74, 6) is 1.00. The Morgan fingerprint density at radius 1 is 1.25 bits per heavy atom. The van der Waals surface area contributed by atoms with Crippen molar-refractivity contribution < 1.29 is 19.1 Å². The second-order valence-electron chi connectivity index (χ2n) is 6.91. The third-order valence-electron chi connectivity index (χ3n) is 5.31. The van der Waals surface area contributed by atoms with Crippen LogP contribution in [-0.4, -0.2) is 38.6 Å². The first kappa shape index (κ1) is 18.2. The number of carbonyl (C=O) groups is 2. The molecule has 28 heavy (non-hydrogen) atoms. The predicted molar refractivity (Wildman–Crippen MR) is 106 cm³/mol. The molecule has 2 aromatic carbocycles. The van der Waals surface area contributed by atoms with Crippen molar-refractivity contribution in [2.24, 2.45) is 0 Å². The molecule has 7 heteroatoms. The molecule has 2 N–H and O–H groups in total. The number of nitrogens with zero attached hydrogens (tertiary/aromatic N) is 1. The molecule has 0 bridgehead atoms. The van der Waals surface area contributed by atoms with Crippen LogP contribution < -0.4 is 25.0 Å². The van der Waals surface area contributed by atoms with Gasteiger partial charge in [0.05, 0.1) is 25.6 Å². The van der Waals surface area contributed by atoms with Gasteiger partial charge in [0, 0.05) is 24.2 Å². The van der Waals surface area contributed by atoms with Crippen LogP contribution in [0.3, 0.4) is 0 Å². The highest BCUT2D eigenvalue weighted by Crippen LogP contribution is 2.37. The number of rotatable bonds is 5. The van der Waals surface area contributed by atoms with Crippen molar-refractivity contribution >= 4 is 23.2 Å². The van der Waals surface area contributed by atoms with Gasteiger partial charge in [0.2, 0.25) is 5.91 Å². The Morgan fingerprint density at radius 2 is 2.11 bits per heavy atom. The molecule has 2 heterocycles. The summed E-state index contributed by atoms with van der Waals surface area (Å²) in [6.07, 6.45) is 1.87. The van der Waals surface area contributed by atoms with Crippen molar-refractivity contribution in [3.63, 3.8) is 0 Å². The zero-order valence-electron chi connectivity index (χ0n) is 16.0. The number of para-hydroxylation sites is 1. The summed E-state index contributed by atoms with van der Waals surface area (Å²) < 4.78 is 10.7. The molecule has 1 atom stereocenters. The summed E-state index contributed by atoms with van der Waals surface area (Å²) in [4.78, 5) is 27.1. The molecule has 2 aliphatic heterocycles. The van der Waals surface area contributed by atoms with Crippen LogP contribution in [0.2, 0.25) is 0 Å². The number of amides is 2. The highest BCUT2D eigenvalue weighted by atomic mass is 16.5. The number of fused-ring (bicyclic) bond motifs is 3. The number of carbonyl (C=O) groups excluding carboxylic acids is 2. The molecule has 0 saturated carbocycles. The molecular weight excluding hydrogens is 358 g/mol. The number of methoxy groups -OCH3 is 2. The van der Waals surface area contributed by atoms with E-state index in [9.17, 15) is 9.59 Å². The van der Waals surface area contributed by atoms with Crippen molar-refractivity contribution in [1.29, 1.82) is 0 Å². The molecule has 2 aromatic rings. The number of hydrogen-bond acceptors (Lipinski definition) is 5. The van der Waals surface area contributed by atoms with Gasteiger partial charge in [-0.3, -0.25) is 9.59 Å². The van der Waals surface area contributed by atoms with Gasteiger partial charge in [0.15, 0.2) is 11.5 Å². The Balaban J connectivity index is 1.51. The van der Waals surface area contributed by atoms with Gasteiger partial charge in [-0.15, -0.1) is 0 Å². The second-order valence-corrected chi connectivity index (χ2v) is 6.91. The van der Waals surface area contributed by atoms with Crippen LogP contribution in [0.15, 0.2) is 36.4 Å². The number of ether oxygens (including phenoxy) is 2. The molecular formula is C21H23N3O4. The van der Waals surface area contributed by atoms with Gasteiger partial charge >= 0.3 is 0 Å². The Labute approximate surface area is 163 Å². The molecule has 2 amide bonds. The Hall–Kier alpha value is -3.22. The van der Waals surface area contributed by atoms with Crippen molar-refractivity contribution in [3.8, 4) is 11.5 Å². The van der Waals surface area contributed by atoms with Gasteiger partial charge < -0.3 is 25.0 Å². The standard InChI is InChI=1S/C21H23N3O4/c1-27-18-7-3-5-14(19(18)28-2)12-22-20(25)13-8-9-16-15(11-13)23-21(26)17-6-4-10-24(16)17/h3,5,7-9,11,17H,4,6,10,12H2,1-2H3,(H,22,25)(H,23,26)/t17-/m1/s1. The molecule has 0 unspecified atom stereocenters. The Bertz CT molecular complexity index is 928. The maximum atomic E-state index is 12.7. The maximum Gasteiger partial charge on any atom is 0.251 e. The molecule has 2 aliphatic rings. The summed E-state index contributed by atoms with van der Waals surface area (Å²) in [5, 5.41) is 5.84. The fraction of sp³-hybridized carbons (Fsp3) is 0.333. The zero-order chi connectivity index (χ0) is 19.7. The largest absolute Gasteiger partial charge is 0.493 e. The second kappa shape index (κ2) is 7.42. The van der Waals surface area contributed by atoms with E-state index in [-0.39, 0.29) is 17.9 Å². The van der Waals surface area contributed by atoms with Crippen LogP contribution >= 0.6 is 0 Å². The highest BCUT2D eigenvalue weighted by molar-refractivity contribution is 6.06. The lowest BCUT2D eigenvalue weighted by Gasteiger charge is -2.33. The number of nitrogens with one attached hydrogen (secondary N) is 2. The van der Waals surface area contributed by atoms with Crippen molar-refractivity contribution in [2.45, 2.75) is 25.4 Å². The minimum Gasteiger partial charge on any atom is -0.493 e. The number of anilines is 2. The van der Waals surface area contributed by atoms with Gasteiger partial charge in [-0.05, 0) is 37.1 Å².